The molecule has 0 aliphatic carbocycles. The third-order valence-electron chi connectivity index (χ3n) is 13.3. The van der Waals surface area contributed by atoms with Crippen molar-refractivity contribution in [1.82, 2.24) is 9.97 Å². The summed E-state index contributed by atoms with van der Waals surface area (Å²) in [6.07, 6.45) is 3.74. The maximum absolute atomic E-state index is 7.12. The van der Waals surface area contributed by atoms with E-state index in [-0.39, 0.29) is 0 Å². The molecule has 304 valence electrons. The van der Waals surface area contributed by atoms with Crippen LogP contribution in [0.25, 0.3) is 110 Å². The summed E-state index contributed by atoms with van der Waals surface area (Å²) < 4.78 is 27.1. The van der Waals surface area contributed by atoms with Crippen molar-refractivity contribution in [3.63, 3.8) is 0 Å². The van der Waals surface area contributed by atoms with Gasteiger partial charge < -0.3 is 17.7 Å². The lowest BCUT2D eigenvalue weighted by Gasteiger charge is -2.34. The first-order chi connectivity index (χ1) is 32.2. The number of rotatable bonds is 6. The number of benzene rings is 8. The minimum absolute atomic E-state index is 0.773. The van der Waals surface area contributed by atoms with E-state index in [1.54, 1.807) is 0 Å². The second-order valence-corrected chi connectivity index (χ2v) is 20.5. The van der Waals surface area contributed by atoms with Gasteiger partial charge in [0.1, 0.15) is 44.9 Å². The van der Waals surface area contributed by atoms with Crippen LogP contribution in [0, 0.1) is 0 Å². The molecule has 0 bridgehead atoms. The third kappa shape index (κ3) is 5.15. The number of fused-ring (bicyclic) bond motifs is 12. The zero-order chi connectivity index (χ0) is 42.6. The van der Waals surface area contributed by atoms with Gasteiger partial charge in [-0.05, 0) is 81.4 Å². The molecule has 0 fully saturated rings. The van der Waals surface area contributed by atoms with E-state index in [0.29, 0.717) is 0 Å². The molecule has 6 aromatic heterocycles. The van der Waals surface area contributed by atoms with Gasteiger partial charge in [0.05, 0.1) is 0 Å². The van der Waals surface area contributed by atoms with Crippen LogP contribution in [0.5, 0.6) is 0 Å². The van der Waals surface area contributed by atoms with Gasteiger partial charge in [0.15, 0.2) is 19.2 Å². The van der Waals surface area contributed by atoms with Crippen molar-refractivity contribution in [2.45, 2.75) is 0 Å². The van der Waals surface area contributed by atoms with Gasteiger partial charge in [-0.3, -0.25) is 9.97 Å². The quantitative estimate of drug-likeness (QED) is 0.122. The van der Waals surface area contributed by atoms with Crippen molar-refractivity contribution in [3.05, 3.63) is 207 Å². The molecule has 14 rings (SSSR count). The average molecular weight is 851 g/mol. The molecule has 14 aromatic rings. The van der Waals surface area contributed by atoms with E-state index < -0.39 is 8.07 Å². The molecule has 0 amide bonds. The molecule has 0 unspecified atom stereocenters. The van der Waals surface area contributed by atoms with Crippen LogP contribution in [0.1, 0.15) is 0 Å². The van der Waals surface area contributed by atoms with E-state index in [2.05, 4.69) is 146 Å². The lowest BCUT2D eigenvalue weighted by Crippen LogP contribution is -2.75. The Kier molecular flexibility index (Phi) is 7.61. The zero-order valence-electron chi connectivity index (χ0n) is 34.7. The first-order valence-electron chi connectivity index (χ1n) is 21.8. The SMILES string of the molecule is c1ccc([Si](c2ccccc2)(c2cccc3c2oc2ccc(-c4nccc5c4oc4ccccc45)cc23)c2cccc3c2oc2ccc(-c4nccc5c4oc4ccccc45)cc23)cc1. The largest absolute Gasteiger partial charge is 0.456 e. The first-order valence-corrected chi connectivity index (χ1v) is 23.8. The molecule has 6 heterocycles. The Morgan fingerprint density at radius 1 is 0.292 bits per heavy atom. The molecule has 6 nitrogen and oxygen atoms in total. The summed E-state index contributed by atoms with van der Waals surface area (Å²) >= 11 is 0. The molecule has 0 radical (unpaired) electrons. The summed E-state index contributed by atoms with van der Waals surface area (Å²) in [5, 5.41) is 13.0. The number of hydrogen-bond acceptors (Lipinski definition) is 6. The Morgan fingerprint density at radius 2 is 0.677 bits per heavy atom. The summed E-state index contributed by atoms with van der Waals surface area (Å²) in [6, 6.07) is 68.2. The predicted octanol–water partition coefficient (Wildman–Crippen LogP) is 12.8. The van der Waals surface area contributed by atoms with Gasteiger partial charge in [0.25, 0.3) is 0 Å². The summed E-state index contributed by atoms with van der Waals surface area (Å²) in [7, 11) is -3.26. The second kappa shape index (κ2) is 13.7. The van der Waals surface area contributed by atoms with E-state index in [0.717, 1.165) is 121 Å². The summed E-state index contributed by atoms with van der Waals surface area (Å²) in [5.74, 6) is 0. The van der Waals surface area contributed by atoms with Gasteiger partial charge in [0.2, 0.25) is 0 Å². The van der Waals surface area contributed by atoms with Gasteiger partial charge >= 0.3 is 0 Å². The molecular weight excluding hydrogens is 817 g/mol. The predicted molar refractivity (Wildman–Crippen MR) is 266 cm³/mol. The molecule has 0 spiro atoms. The van der Waals surface area contributed by atoms with Gasteiger partial charge in [0, 0.05) is 66.6 Å². The van der Waals surface area contributed by atoms with Crippen LogP contribution in [0.3, 0.4) is 0 Å². The molecule has 0 N–H and O–H groups in total. The number of hydrogen-bond donors (Lipinski definition) is 0. The van der Waals surface area contributed by atoms with E-state index in [1.807, 2.05) is 60.9 Å². The fraction of sp³-hybridized carbons (Fsp3) is 0. The smallest absolute Gasteiger partial charge is 0.188 e. The fourth-order valence-corrected chi connectivity index (χ4v) is 15.5. The zero-order valence-corrected chi connectivity index (χ0v) is 35.7. The third-order valence-corrected chi connectivity index (χ3v) is 18.2. The molecule has 0 atom stereocenters. The van der Waals surface area contributed by atoms with Crippen molar-refractivity contribution < 1.29 is 17.7 Å². The topological polar surface area (TPSA) is 78.3 Å². The summed E-state index contributed by atoms with van der Waals surface area (Å²) in [4.78, 5) is 9.75. The highest BCUT2D eigenvalue weighted by Crippen LogP contribution is 2.40. The van der Waals surface area contributed by atoms with Crippen molar-refractivity contribution in [2.24, 2.45) is 0 Å². The van der Waals surface area contributed by atoms with Crippen LogP contribution in [-0.4, -0.2) is 18.0 Å². The van der Waals surface area contributed by atoms with Gasteiger partial charge in [-0.2, -0.15) is 0 Å². The molecular formula is C58H34N2O4Si. The molecule has 0 saturated heterocycles. The lowest BCUT2D eigenvalue weighted by atomic mass is 10.0. The lowest BCUT2D eigenvalue weighted by molar-refractivity contribution is 0.667. The number of nitrogens with zero attached hydrogens (tertiary/aromatic N) is 2. The van der Waals surface area contributed by atoms with Gasteiger partial charge in [-0.25, -0.2) is 0 Å². The standard InChI is InChI=1S/C58H34N2O4Si/c1-3-13-37(14-4-1)65(38-15-5-2-6-16-38,51-23-11-19-41-45-33-35(25-27-49(45)61-55(41)51)53-57-43(29-31-59-53)39-17-7-9-21-47(39)63-57)52-24-12-20-42-46-34-36(26-28-50(46)62-56(42)52)54-58-44(30-32-60-54)40-18-8-10-22-48(40)64-58/h1-34H. The molecule has 0 saturated carbocycles. The Hall–Kier alpha value is -8.52. The molecule has 7 heteroatoms. The molecule has 0 aliphatic heterocycles. The number of furan rings is 4. The Balaban J connectivity index is 1.02. The minimum Gasteiger partial charge on any atom is -0.456 e. The maximum Gasteiger partial charge on any atom is 0.188 e. The van der Waals surface area contributed by atoms with E-state index in [9.17, 15) is 0 Å². The van der Waals surface area contributed by atoms with Gasteiger partial charge in [-0.15, -0.1) is 0 Å². The molecule has 0 aliphatic rings. The van der Waals surface area contributed by atoms with Crippen LogP contribution in [0.2, 0.25) is 0 Å². The second-order valence-electron chi connectivity index (χ2n) is 16.7. The van der Waals surface area contributed by atoms with Crippen LogP contribution < -0.4 is 20.7 Å². The van der Waals surface area contributed by atoms with Crippen LogP contribution in [0.4, 0.5) is 0 Å². The van der Waals surface area contributed by atoms with Crippen molar-refractivity contribution in [1.29, 1.82) is 0 Å². The average Bonchev–Trinajstić information content (AvgIpc) is 4.15. The minimum atomic E-state index is -3.26. The van der Waals surface area contributed by atoms with E-state index >= 15 is 0 Å². The molecule has 8 aromatic carbocycles. The number of pyridine rings is 2. The molecule has 65 heavy (non-hydrogen) atoms. The highest BCUT2D eigenvalue weighted by molar-refractivity contribution is 7.21. The van der Waals surface area contributed by atoms with Crippen molar-refractivity contribution in [2.75, 3.05) is 0 Å². The maximum atomic E-state index is 7.12. The van der Waals surface area contributed by atoms with Crippen LogP contribution >= 0.6 is 0 Å². The Labute approximate surface area is 371 Å². The number of aromatic nitrogens is 2. The first kappa shape index (κ1) is 36.0. The summed E-state index contributed by atoms with van der Waals surface area (Å²) in [6.45, 7) is 0. The van der Waals surface area contributed by atoms with Crippen LogP contribution in [-0.2, 0) is 0 Å². The summed E-state index contributed by atoms with van der Waals surface area (Å²) in [5.41, 5.74) is 10.1. The van der Waals surface area contributed by atoms with E-state index in [1.165, 1.54) is 10.4 Å². The van der Waals surface area contributed by atoms with E-state index in [4.69, 9.17) is 27.6 Å². The van der Waals surface area contributed by atoms with Crippen molar-refractivity contribution >= 4 is 117 Å². The number of para-hydroxylation sites is 4. The Morgan fingerprint density at radius 3 is 1.15 bits per heavy atom. The Bertz CT molecular complexity index is 3930. The monoisotopic (exact) mass is 850 g/mol. The normalized spacial score (nSPS) is 12.3. The highest BCUT2D eigenvalue weighted by atomic mass is 28.3. The van der Waals surface area contributed by atoms with Crippen molar-refractivity contribution in [3.8, 4) is 22.5 Å². The fourth-order valence-electron chi connectivity index (χ4n) is 10.5. The van der Waals surface area contributed by atoms with Gasteiger partial charge in [-0.1, -0.05) is 133 Å². The van der Waals surface area contributed by atoms with Crippen LogP contribution in [0.15, 0.2) is 224 Å². The highest BCUT2D eigenvalue weighted by Gasteiger charge is 2.45.